The Morgan fingerprint density at radius 1 is 1.48 bits per heavy atom. The molecule has 0 bridgehead atoms. The van der Waals surface area contributed by atoms with Gasteiger partial charge >= 0.3 is 6.03 Å². The van der Waals surface area contributed by atoms with E-state index in [2.05, 4.69) is 22.2 Å². The van der Waals surface area contributed by atoms with Gasteiger partial charge in [0.25, 0.3) is 0 Å². The number of urea groups is 1. The number of hydrogen-bond acceptors (Lipinski definition) is 4. The molecule has 2 heterocycles. The lowest BCUT2D eigenvalue weighted by Gasteiger charge is -2.23. The number of likely N-dealkylation sites (tertiary alicyclic amines) is 1. The summed E-state index contributed by atoms with van der Waals surface area (Å²) in [6, 6.07) is 1.84. The quantitative estimate of drug-likeness (QED) is 0.865. The van der Waals surface area contributed by atoms with Gasteiger partial charge < -0.3 is 9.80 Å². The molecule has 2 rings (SSSR count). The van der Waals surface area contributed by atoms with E-state index in [0.29, 0.717) is 11.1 Å². The maximum atomic E-state index is 12.5. The van der Waals surface area contributed by atoms with Crippen LogP contribution in [0.1, 0.15) is 26.2 Å². The van der Waals surface area contributed by atoms with Crippen molar-refractivity contribution in [2.24, 2.45) is 0 Å². The average molecular weight is 340 g/mol. The number of likely N-dealkylation sites (N-methyl/N-ethyl adjacent to an activating group) is 1. The molecule has 0 radical (unpaired) electrons. The van der Waals surface area contributed by atoms with Crippen LogP contribution in [0, 0.1) is 0 Å². The Labute approximate surface area is 143 Å². The van der Waals surface area contributed by atoms with Crippen LogP contribution < -0.4 is 5.32 Å². The van der Waals surface area contributed by atoms with E-state index in [0.717, 1.165) is 38.4 Å². The Kier molecular flexibility index (Phi) is 7.23. The molecule has 2 amide bonds. The van der Waals surface area contributed by atoms with Crippen LogP contribution in [-0.4, -0.2) is 70.3 Å². The smallest absolute Gasteiger partial charge is 0.323 e. The Balaban J connectivity index is 1.87. The predicted octanol–water partition coefficient (Wildman–Crippen LogP) is 2.58. The maximum Gasteiger partial charge on any atom is 0.323 e. The molecule has 1 aromatic rings. The van der Waals surface area contributed by atoms with Crippen LogP contribution in [-0.2, 0) is 6.54 Å². The lowest BCUT2D eigenvalue weighted by Crippen LogP contribution is -2.38. The first kappa shape index (κ1) is 18.1. The molecule has 1 fully saturated rings. The monoisotopic (exact) mass is 339 g/mol. The molecule has 0 aromatic carbocycles. The van der Waals surface area contributed by atoms with Crippen molar-refractivity contribution in [3.8, 4) is 0 Å². The second kappa shape index (κ2) is 9.17. The Morgan fingerprint density at radius 2 is 2.30 bits per heavy atom. The Morgan fingerprint density at radius 3 is 3.04 bits per heavy atom. The largest absolute Gasteiger partial charge is 0.323 e. The summed E-state index contributed by atoms with van der Waals surface area (Å²) in [6.45, 7) is 5.61. The number of nitrogens with zero attached hydrogens (tertiary/aromatic N) is 4. The first-order valence-corrected chi connectivity index (χ1v) is 9.49. The third kappa shape index (κ3) is 6.06. The molecule has 0 saturated carbocycles. The van der Waals surface area contributed by atoms with Gasteiger partial charge in [0.15, 0.2) is 5.82 Å². The minimum atomic E-state index is -0.0218. The highest BCUT2D eigenvalue weighted by Gasteiger charge is 2.22. The fourth-order valence-electron chi connectivity index (χ4n) is 2.70. The topological polar surface area (TPSA) is 53.4 Å². The fraction of sp³-hybridized carbons (Fsp3) is 0.750. The molecule has 0 spiro atoms. The second-order valence-electron chi connectivity index (χ2n) is 6.22. The minimum Gasteiger partial charge on any atom is -0.323 e. The summed E-state index contributed by atoms with van der Waals surface area (Å²) in [5.74, 6) is 1.74. The molecule has 1 aliphatic rings. The van der Waals surface area contributed by atoms with Crippen molar-refractivity contribution in [2.75, 3.05) is 44.8 Å². The van der Waals surface area contributed by atoms with Crippen LogP contribution in [0.25, 0.3) is 0 Å². The van der Waals surface area contributed by atoms with E-state index in [1.807, 2.05) is 47.7 Å². The first-order chi connectivity index (χ1) is 11.1. The van der Waals surface area contributed by atoms with Gasteiger partial charge in [-0.2, -0.15) is 16.9 Å². The molecule has 6 nitrogen and oxygen atoms in total. The van der Waals surface area contributed by atoms with Crippen LogP contribution in [0.5, 0.6) is 0 Å². The van der Waals surface area contributed by atoms with Gasteiger partial charge in [-0.25, -0.2) is 4.79 Å². The zero-order valence-electron chi connectivity index (χ0n) is 14.5. The van der Waals surface area contributed by atoms with E-state index >= 15 is 0 Å². The molecule has 23 heavy (non-hydrogen) atoms. The normalized spacial score (nSPS) is 19.0. The molecule has 1 saturated heterocycles. The van der Waals surface area contributed by atoms with Gasteiger partial charge in [0.2, 0.25) is 0 Å². The van der Waals surface area contributed by atoms with Crippen LogP contribution in [0.15, 0.2) is 12.3 Å². The predicted molar refractivity (Wildman–Crippen MR) is 97.1 cm³/mol. The standard InChI is InChI=1S/C16H29N5OS/c1-4-23-14-7-5-6-9-20(13-14)16(22)17-15-8-10-21(18-15)12-11-19(2)3/h8,10,14H,4-7,9,11-13H2,1-3H3,(H,17,18,22)/t14-/m1/s1. The highest BCUT2D eigenvalue weighted by Crippen LogP contribution is 2.22. The number of thioether (sulfide) groups is 1. The minimum absolute atomic E-state index is 0.0218. The van der Waals surface area contributed by atoms with Crippen molar-refractivity contribution in [3.05, 3.63) is 12.3 Å². The summed E-state index contributed by atoms with van der Waals surface area (Å²) >= 11 is 1.96. The molecule has 1 atom stereocenters. The maximum absolute atomic E-state index is 12.5. The van der Waals surface area contributed by atoms with Crippen molar-refractivity contribution >= 4 is 23.6 Å². The van der Waals surface area contributed by atoms with Crippen molar-refractivity contribution in [1.29, 1.82) is 0 Å². The second-order valence-corrected chi connectivity index (χ2v) is 7.79. The number of hydrogen-bond donors (Lipinski definition) is 1. The molecule has 130 valence electrons. The van der Waals surface area contributed by atoms with E-state index in [1.165, 1.54) is 12.8 Å². The lowest BCUT2D eigenvalue weighted by molar-refractivity contribution is 0.214. The van der Waals surface area contributed by atoms with Gasteiger partial charge in [-0.05, 0) is 32.7 Å². The van der Waals surface area contributed by atoms with Gasteiger partial charge in [0, 0.05) is 37.1 Å². The number of carbonyl (C=O) groups excluding carboxylic acids is 1. The van der Waals surface area contributed by atoms with Crippen LogP contribution in [0.3, 0.4) is 0 Å². The van der Waals surface area contributed by atoms with Crippen molar-refractivity contribution < 1.29 is 4.79 Å². The third-order valence-electron chi connectivity index (χ3n) is 3.97. The number of nitrogens with one attached hydrogen (secondary N) is 1. The van der Waals surface area contributed by atoms with Gasteiger partial charge in [-0.1, -0.05) is 13.3 Å². The van der Waals surface area contributed by atoms with E-state index in [-0.39, 0.29) is 6.03 Å². The summed E-state index contributed by atoms with van der Waals surface area (Å²) in [4.78, 5) is 16.6. The Hall–Kier alpha value is -1.21. The SMILES string of the molecule is CCS[C@@H]1CCCCN(C(=O)Nc2ccn(CCN(C)C)n2)C1. The summed E-state index contributed by atoms with van der Waals surface area (Å²) in [7, 11) is 4.08. The third-order valence-corrected chi connectivity index (χ3v) is 5.16. The number of aromatic nitrogens is 2. The molecule has 0 unspecified atom stereocenters. The zero-order chi connectivity index (χ0) is 16.7. The van der Waals surface area contributed by atoms with Gasteiger partial charge in [0.05, 0.1) is 6.54 Å². The van der Waals surface area contributed by atoms with E-state index in [9.17, 15) is 4.79 Å². The van der Waals surface area contributed by atoms with E-state index < -0.39 is 0 Å². The van der Waals surface area contributed by atoms with Gasteiger partial charge in [-0.15, -0.1) is 0 Å². The average Bonchev–Trinajstić information content (AvgIpc) is 2.81. The molecular weight excluding hydrogens is 310 g/mol. The lowest BCUT2D eigenvalue weighted by atomic mass is 10.2. The van der Waals surface area contributed by atoms with Gasteiger partial charge in [0.1, 0.15) is 0 Å². The highest BCUT2D eigenvalue weighted by molar-refractivity contribution is 7.99. The van der Waals surface area contributed by atoms with Gasteiger partial charge in [-0.3, -0.25) is 10.00 Å². The van der Waals surface area contributed by atoms with Crippen LogP contribution in [0.2, 0.25) is 0 Å². The highest BCUT2D eigenvalue weighted by atomic mass is 32.2. The van der Waals surface area contributed by atoms with Crippen molar-refractivity contribution in [3.63, 3.8) is 0 Å². The summed E-state index contributed by atoms with van der Waals surface area (Å²) in [5.41, 5.74) is 0. The van der Waals surface area contributed by atoms with Crippen molar-refractivity contribution in [2.45, 2.75) is 38.0 Å². The molecule has 1 aromatic heterocycles. The molecule has 1 aliphatic heterocycles. The number of carbonyl (C=O) groups is 1. The fourth-order valence-corrected chi connectivity index (χ4v) is 3.79. The first-order valence-electron chi connectivity index (χ1n) is 8.44. The van der Waals surface area contributed by atoms with E-state index in [1.54, 1.807) is 0 Å². The summed E-state index contributed by atoms with van der Waals surface area (Å²) in [5, 5.41) is 7.93. The summed E-state index contributed by atoms with van der Waals surface area (Å²) < 4.78 is 1.87. The summed E-state index contributed by atoms with van der Waals surface area (Å²) in [6.07, 6.45) is 5.42. The molecular formula is C16H29N5OS. The number of amides is 2. The Bertz CT molecular complexity index is 491. The zero-order valence-corrected chi connectivity index (χ0v) is 15.3. The van der Waals surface area contributed by atoms with Crippen LogP contribution >= 0.6 is 11.8 Å². The molecule has 1 N–H and O–H groups in total. The number of anilines is 1. The number of rotatable bonds is 6. The molecule has 7 heteroatoms. The van der Waals surface area contributed by atoms with Crippen LogP contribution in [0.4, 0.5) is 10.6 Å². The van der Waals surface area contributed by atoms with Crippen molar-refractivity contribution in [1.82, 2.24) is 19.6 Å². The molecule has 0 aliphatic carbocycles. The van der Waals surface area contributed by atoms with E-state index in [4.69, 9.17) is 0 Å².